The van der Waals surface area contributed by atoms with Gasteiger partial charge in [0.2, 0.25) is 9.70 Å². The molecule has 0 aliphatic carbocycles. The maximum absolute atomic E-state index is 12.2. The number of aryl methyl sites for hydroxylation is 1. The third kappa shape index (κ3) is 5.61. The Kier molecular flexibility index (Phi) is 6.17. The highest BCUT2D eigenvalue weighted by molar-refractivity contribution is 6.68. The van der Waals surface area contributed by atoms with E-state index in [1.807, 2.05) is 61.5 Å². The van der Waals surface area contributed by atoms with Gasteiger partial charge < -0.3 is 10.6 Å². The number of benzene rings is 2. The van der Waals surface area contributed by atoms with Crippen LogP contribution in [0.4, 0.5) is 5.69 Å². The fourth-order valence-electron chi connectivity index (χ4n) is 2.08. The van der Waals surface area contributed by atoms with Crippen molar-refractivity contribution >= 4 is 46.4 Å². The van der Waals surface area contributed by atoms with Gasteiger partial charge in [0, 0.05) is 5.69 Å². The second kappa shape index (κ2) is 7.91. The maximum atomic E-state index is 12.2. The van der Waals surface area contributed by atoms with Crippen molar-refractivity contribution in [2.45, 2.75) is 23.3 Å². The average Bonchev–Trinajstić information content (AvgIpc) is 2.48. The number of anilines is 1. The van der Waals surface area contributed by atoms with Crippen LogP contribution in [-0.2, 0) is 11.2 Å². The smallest absolute Gasteiger partial charge is 0.228 e. The molecule has 23 heavy (non-hydrogen) atoms. The van der Waals surface area contributed by atoms with Gasteiger partial charge in [-0.2, -0.15) is 0 Å². The van der Waals surface area contributed by atoms with Gasteiger partial charge in [-0.25, -0.2) is 0 Å². The predicted octanol–water partition coefficient (Wildman–Crippen LogP) is 4.46. The fraction of sp³-hybridized carbons (Fsp3) is 0.235. The lowest BCUT2D eigenvalue weighted by Crippen LogP contribution is -2.49. The van der Waals surface area contributed by atoms with E-state index in [4.69, 9.17) is 34.8 Å². The first-order valence-electron chi connectivity index (χ1n) is 7.08. The molecule has 0 bridgehead atoms. The zero-order valence-electron chi connectivity index (χ0n) is 12.5. The van der Waals surface area contributed by atoms with E-state index in [0.717, 1.165) is 16.8 Å². The number of halogens is 3. The number of alkyl halides is 3. The van der Waals surface area contributed by atoms with Crippen LogP contribution in [0.5, 0.6) is 0 Å². The minimum absolute atomic E-state index is 0.216. The van der Waals surface area contributed by atoms with Crippen LogP contribution in [0.1, 0.15) is 11.1 Å². The Morgan fingerprint density at radius 3 is 2.26 bits per heavy atom. The van der Waals surface area contributed by atoms with Crippen LogP contribution in [0.25, 0.3) is 0 Å². The van der Waals surface area contributed by atoms with E-state index >= 15 is 0 Å². The Morgan fingerprint density at radius 2 is 1.65 bits per heavy atom. The van der Waals surface area contributed by atoms with Crippen molar-refractivity contribution in [1.29, 1.82) is 0 Å². The molecule has 6 heteroatoms. The Bertz CT molecular complexity index is 656. The Balaban J connectivity index is 2.07. The highest BCUT2D eigenvalue weighted by Gasteiger charge is 2.34. The van der Waals surface area contributed by atoms with E-state index in [1.54, 1.807) is 0 Å². The molecule has 2 N–H and O–H groups in total. The lowest BCUT2D eigenvalue weighted by atomic mass is 10.1. The molecule has 1 atom stereocenters. The number of amides is 1. The fourth-order valence-corrected chi connectivity index (χ4v) is 2.41. The molecule has 0 radical (unpaired) electrons. The van der Waals surface area contributed by atoms with Crippen molar-refractivity contribution in [2.75, 3.05) is 5.32 Å². The van der Waals surface area contributed by atoms with Gasteiger partial charge in [-0.15, -0.1) is 0 Å². The van der Waals surface area contributed by atoms with Crippen molar-refractivity contribution in [3.05, 3.63) is 65.7 Å². The van der Waals surface area contributed by atoms with E-state index in [1.165, 1.54) is 0 Å². The van der Waals surface area contributed by atoms with Crippen molar-refractivity contribution < 1.29 is 4.79 Å². The summed E-state index contributed by atoms with van der Waals surface area (Å²) in [5.74, 6) is -0.228. The largest absolute Gasteiger partial charge is 0.362 e. The molecular formula is C17H17Cl3N2O. The van der Waals surface area contributed by atoms with Crippen molar-refractivity contribution in [1.82, 2.24) is 5.32 Å². The van der Waals surface area contributed by atoms with Crippen LogP contribution < -0.4 is 10.6 Å². The number of hydrogen-bond donors (Lipinski definition) is 2. The number of carbonyl (C=O) groups is 1. The number of para-hydroxylation sites is 1. The molecule has 0 unspecified atom stereocenters. The molecule has 0 aromatic heterocycles. The van der Waals surface area contributed by atoms with Crippen LogP contribution in [0.2, 0.25) is 0 Å². The number of carbonyl (C=O) groups excluding carboxylic acids is 1. The van der Waals surface area contributed by atoms with Crippen LogP contribution in [0.3, 0.4) is 0 Å². The quantitative estimate of drug-likeness (QED) is 0.602. The molecule has 2 rings (SSSR count). The summed E-state index contributed by atoms with van der Waals surface area (Å²) < 4.78 is -1.69. The second-order valence-electron chi connectivity index (χ2n) is 5.16. The van der Waals surface area contributed by atoms with Gasteiger partial charge in [0.1, 0.15) is 6.17 Å². The van der Waals surface area contributed by atoms with E-state index in [0.29, 0.717) is 0 Å². The monoisotopic (exact) mass is 370 g/mol. The molecule has 1 amide bonds. The van der Waals surface area contributed by atoms with Gasteiger partial charge in [0.25, 0.3) is 0 Å². The summed E-state index contributed by atoms with van der Waals surface area (Å²) in [5.41, 5.74) is 2.68. The molecular weight excluding hydrogens is 355 g/mol. The van der Waals surface area contributed by atoms with Crippen LogP contribution in [0.15, 0.2) is 54.6 Å². The van der Waals surface area contributed by atoms with Gasteiger partial charge in [-0.1, -0.05) is 83.3 Å². The van der Waals surface area contributed by atoms with Gasteiger partial charge in [0.05, 0.1) is 6.42 Å². The first-order valence-corrected chi connectivity index (χ1v) is 8.22. The third-order valence-corrected chi connectivity index (χ3v) is 3.94. The molecule has 3 nitrogen and oxygen atoms in total. The average molecular weight is 372 g/mol. The van der Waals surface area contributed by atoms with Crippen molar-refractivity contribution in [3.8, 4) is 0 Å². The molecule has 0 aliphatic rings. The van der Waals surface area contributed by atoms with Gasteiger partial charge >= 0.3 is 0 Å². The first kappa shape index (κ1) is 17.9. The predicted molar refractivity (Wildman–Crippen MR) is 97.2 cm³/mol. The minimum atomic E-state index is -1.69. The second-order valence-corrected chi connectivity index (χ2v) is 7.53. The number of nitrogens with one attached hydrogen (secondary N) is 2. The standard InChI is InChI=1S/C17H17Cl3N2O/c1-12-7-5-6-10-14(12)21-16(17(18,19)20)22-15(23)11-13-8-3-2-4-9-13/h2-10,16,21H,11H2,1H3,(H,22,23)/t16-/m0/s1. The van der Waals surface area contributed by atoms with Crippen molar-refractivity contribution in [3.63, 3.8) is 0 Å². The van der Waals surface area contributed by atoms with Gasteiger partial charge in [-0.3, -0.25) is 4.79 Å². The van der Waals surface area contributed by atoms with E-state index in [9.17, 15) is 4.79 Å². The molecule has 0 spiro atoms. The Labute approximate surface area is 150 Å². The first-order chi connectivity index (χ1) is 10.9. The molecule has 0 saturated heterocycles. The highest BCUT2D eigenvalue weighted by Crippen LogP contribution is 2.31. The lowest BCUT2D eigenvalue weighted by Gasteiger charge is -2.28. The molecule has 122 valence electrons. The van der Waals surface area contributed by atoms with Crippen LogP contribution in [-0.4, -0.2) is 15.9 Å². The Hall–Kier alpha value is -1.42. The van der Waals surface area contributed by atoms with Gasteiger partial charge in [0.15, 0.2) is 0 Å². The summed E-state index contributed by atoms with van der Waals surface area (Å²) >= 11 is 18.0. The molecule has 0 fully saturated rings. The van der Waals surface area contributed by atoms with E-state index < -0.39 is 9.96 Å². The van der Waals surface area contributed by atoms with Crippen molar-refractivity contribution in [2.24, 2.45) is 0 Å². The van der Waals surface area contributed by atoms with Crippen LogP contribution in [0, 0.1) is 6.92 Å². The SMILES string of the molecule is Cc1ccccc1N[C@@H](NC(=O)Cc1ccccc1)C(Cl)(Cl)Cl. The van der Waals surface area contributed by atoms with Crippen LogP contribution >= 0.6 is 34.8 Å². The lowest BCUT2D eigenvalue weighted by molar-refractivity contribution is -0.120. The molecule has 0 aliphatic heterocycles. The summed E-state index contributed by atoms with van der Waals surface area (Å²) in [6, 6.07) is 17.0. The maximum Gasteiger partial charge on any atom is 0.228 e. The molecule has 0 saturated carbocycles. The molecule has 2 aromatic carbocycles. The summed E-state index contributed by atoms with van der Waals surface area (Å²) in [5, 5.41) is 5.81. The zero-order chi connectivity index (χ0) is 16.9. The summed E-state index contributed by atoms with van der Waals surface area (Å²) in [6.45, 7) is 1.93. The van der Waals surface area contributed by atoms with Gasteiger partial charge in [-0.05, 0) is 24.1 Å². The topological polar surface area (TPSA) is 41.1 Å². The molecule has 2 aromatic rings. The van der Waals surface area contributed by atoms with E-state index in [-0.39, 0.29) is 12.3 Å². The number of hydrogen-bond acceptors (Lipinski definition) is 2. The Morgan fingerprint density at radius 1 is 1.04 bits per heavy atom. The number of rotatable bonds is 5. The minimum Gasteiger partial charge on any atom is -0.362 e. The zero-order valence-corrected chi connectivity index (χ0v) is 14.8. The normalized spacial score (nSPS) is 12.5. The van der Waals surface area contributed by atoms with E-state index in [2.05, 4.69) is 10.6 Å². The molecule has 0 heterocycles. The summed E-state index contributed by atoms with van der Waals surface area (Å²) in [4.78, 5) is 12.2. The highest BCUT2D eigenvalue weighted by atomic mass is 35.6. The summed E-state index contributed by atoms with van der Waals surface area (Å²) in [6.07, 6.45) is -0.627. The third-order valence-electron chi connectivity index (χ3n) is 3.29. The summed E-state index contributed by atoms with van der Waals surface area (Å²) in [7, 11) is 0.